The molecule has 0 saturated carbocycles. The number of phenolic OH excluding ortho intramolecular Hbond substituents is 2. The minimum atomic E-state index is -0.827. The molecule has 0 amide bonds. The van der Waals surface area contributed by atoms with Gasteiger partial charge < -0.3 is 24.9 Å². The highest BCUT2D eigenvalue weighted by atomic mass is 16.3. The summed E-state index contributed by atoms with van der Waals surface area (Å²) < 4.78 is 2.03. The van der Waals surface area contributed by atoms with Gasteiger partial charge in [-0.25, -0.2) is 15.0 Å². The highest BCUT2D eigenvalue weighted by Gasteiger charge is 2.24. The Balaban J connectivity index is 1.45. The van der Waals surface area contributed by atoms with Crippen LogP contribution in [-0.2, 0) is 19.5 Å². The normalized spacial score (nSPS) is 12.8. The molecule has 1 unspecified atom stereocenters. The van der Waals surface area contributed by atoms with Gasteiger partial charge in [0.2, 0.25) is 0 Å². The van der Waals surface area contributed by atoms with Gasteiger partial charge in [0.1, 0.15) is 23.4 Å². The molecular weight excluding hydrogens is 444 g/mol. The van der Waals surface area contributed by atoms with E-state index < -0.39 is 6.23 Å². The summed E-state index contributed by atoms with van der Waals surface area (Å²) in [6.45, 7) is 4.88. The molecule has 180 valence electrons. The summed E-state index contributed by atoms with van der Waals surface area (Å²) in [6, 6.07) is 16.3. The number of nitrogens with zero attached hydrogens (tertiary/aromatic N) is 5. The number of hydrogen-bond donors (Lipinski definition) is 4. The molecule has 0 fully saturated rings. The lowest BCUT2D eigenvalue weighted by atomic mass is 10.1. The average molecular weight is 473 g/mol. The zero-order valence-corrected chi connectivity index (χ0v) is 19.6. The summed E-state index contributed by atoms with van der Waals surface area (Å²) in [4.78, 5) is 19.4. The predicted molar refractivity (Wildman–Crippen MR) is 133 cm³/mol. The Bertz CT molecular complexity index is 1440. The number of rotatable bonds is 8. The van der Waals surface area contributed by atoms with Crippen molar-refractivity contribution in [3.05, 3.63) is 78.0 Å². The standard InChI is InChI=1S/C26H28N6O3/c1-16(2)31(25(35)13-17-9-10-21(33)22(34)12-17)15-24-30-20-8-5-11-27-26(20)32(24)14-23-28-18-6-3-4-7-19(18)29-23/h3-12,16,25,33-35H,13-15H2,1-2H3,(H,28,29). The van der Waals surface area contributed by atoms with Crippen LogP contribution < -0.4 is 0 Å². The molecule has 35 heavy (non-hydrogen) atoms. The third-order valence-electron chi connectivity index (χ3n) is 6.16. The van der Waals surface area contributed by atoms with Crippen LogP contribution in [0.1, 0.15) is 31.1 Å². The molecule has 1 atom stereocenters. The maximum atomic E-state index is 11.1. The molecule has 0 aliphatic rings. The number of para-hydroxylation sites is 2. The van der Waals surface area contributed by atoms with E-state index in [0.717, 1.165) is 39.4 Å². The molecule has 0 radical (unpaired) electrons. The molecule has 4 N–H and O–H groups in total. The molecule has 0 bridgehead atoms. The second-order valence-corrected chi connectivity index (χ2v) is 8.93. The van der Waals surface area contributed by atoms with E-state index in [2.05, 4.69) is 9.97 Å². The largest absolute Gasteiger partial charge is 0.504 e. The summed E-state index contributed by atoms with van der Waals surface area (Å²) in [5.41, 5.74) is 4.12. The number of aromatic hydroxyl groups is 2. The fourth-order valence-corrected chi connectivity index (χ4v) is 4.34. The van der Waals surface area contributed by atoms with Crippen molar-refractivity contribution in [3.8, 4) is 11.5 Å². The smallest absolute Gasteiger partial charge is 0.160 e. The number of nitrogens with one attached hydrogen (secondary N) is 1. The number of hydrogen-bond acceptors (Lipinski definition) is 7. The number of aromatic amines is 1. The van der Waals surface area contributed by atoms with Gasteiger partial charge in [-0.05, 0) is 55.8 Å². The second kappa shape index (κ2) is 9.36. The molecule has 5 aromatic rings. The van der Waals surface area contributed by atoms with Crippen molar-refractivity contribution in [1.82, 2.24) is 29.4 Å². The van der Waals surface area contributed by atoms with E-state index in [0.29, 0.717) is 13.1 Å². The van der Waals surface area contributed by atoms with Gasteiger partial charge in [0, 0.05) is 18.7 Å². The van der Waals surface area contributed by atoms with Gasteiger partial charge >= 0.3 is 0 Å². The topological polar surface area (TPSA) is 123 Å². The van der Waals surface area contributed by atoms with Gasteiger partial charge in [-0.1, -0.05) is 18.2 Å². The Hall–Kier alpha value is -3.95. The van der Waals surface area contributed by atoms with Gasteiger partial charge in [-0.3, -0.25) is 4.90 Å². The molecule has 0 spiro atoms. The van der Waals surface area contributed by atoms with Gasteiger partial charge in [-0.15, -0.1) is 0 Å². The number of benzene rings is 2. The van der Waals surface area contributed by atoms with E-state index >= 15 is 0 Å². The third kappa shape index (κ3) is 4.68. The number of H-pyrrole nitrogens is 1. The average Bonchev–Trinajstić information content (AvgIpc) is 3.40. The zero-order valence-electron chi connectivity index (χ0n) is 19.6. The first kappa shape index (κ1) is 22.8. The van der Waals surface area contributed by atoms with E-state index in [4.69, 9.17) is 9.97 Å². The maximum Gasteiger partial charge on any atom is 0.160 e. The fourth-order valence-electron chi connectivity index (χ4n) is 4.34. The minimum absolute atomic E-state index is 0.0168. The SMILES string of the molecule is CC(C)N(Cc1nc2cccnc2n1Cc1nc2ccccc2[nH]1)C(O)Cc1ccc(O)c(O)c1. The number of fused-ring (bicyclic) bond motifs is 2. The predicted octanol–water partition coefficient (Wildman–Crippen LogP) is 3.54. The number of aliphatic hydroxyl groups excluding tert-OH is 1. The molecule has 0 saturated heterocycles. The van der Waals surface area contributed by atoms with Crippen LogP contribution in [-0.4, -0.2) is 57.0 Å². The lowest BCUT2D eigenvalue weighted by Crippen LogP contribution is -2.41. The summed E-state index contributed by atoms with van der Waals surface area (Å²) in [7, 11) is 0. The molecule has 9 nitrogen and oxygen atoms in total. The number of aliphatic hydroxyl groups is 1. The van der Waals surface area contributed by atoms with Crippen molar-refractivity contribution < 1.29 is 15.3 Å². The summed E-state index contributed by atoms with van der Waals surface area (Å²) >= 11 is 0. The first-order valence-corrected chi connectivity index (χ1v) is 11.6. The van der Waals surface area contributed by atoms with Crippen LogP contribution in [0.4, 0.5) is 0 Å². The van der Waals surface area contributed by atoms with Gasteiger partial charge in [-0.2, -0.15) is 0 Å². The van der Waals surface area contributed by atoms with E-state index in [1.165, 1.54) is 12.1 Å². The molecule has 5 rings (SSSR count). The minimum Gasteiger partial charge on any atom is -0.504 e. The first-order chi connectivity index (χ1) is 16.9. The number of pyridine rings is 1. The van der Waals surface area contributed by atoms with Crippen LogP contribution in [0.2, 0.25) is 0 Å². The van der Waals surface area contributed by atoms with Crippen molar-refractivity contribution in [1.29, 1.82) is 0 Å². The highest BCUT2D eigenvalue weighted by molar-refractivity contribution is 5.75. The number of phenols is 2. The number of imidazole rings is 2. The van der Waals surface area contributed by atoms with E-state index in [1.54, 1.807) is 12.3 Å². The highest BCUT2D eigenvalue weighted by Crippen LogP contribution is 2.26. The van der Waals surface area contributed by atoms with Crippen molar-refractivity contribution in [3.63, 3.8) is 0 Å². The van der Waals surface area contributed by atoms with Crippen LogP contribution >= 0.6 is 0 Å². The molecule has 9 heteroatoms. The molecule has 0 aliphatic carbocycles. The van der Waals surface area contributed by atoms with E-state index in [9.17, 15) is 15.3 Å². The Kier molecular flexibility index (Phi) is 6.10. The Morgan fingerprint density at radius 1 is 0.971 bits per heavy atom. The first-order valence-electron chi connectivity index (χ1n) is 11.6. The third-order valence-corrected chi connectivity index (χ3v) is 6.16. The lowest BCUT2D eigenvalue weighted by molar-refractivity contribution is -0.0239. The van der Waals surface area contributed by atoms with E-state index in [-0.39, 0.29) is 24.0 Å². The van der Waals surface area contributed by atoms with Crippen molar-refractivity contribution in [2.45, 2.75) is 45.6 Å². The maximum absolute atomic E-state index is 11.1. The monoisotopic (exact) mass is 472 g/mol. The quantitative estimate of drug-likeness (QED) is 0.201. The second-order valence-electron chi connectivity index (χ2n) is 8.93. The zero-order chi connectivity index (χ0) is 24.5. The van der Waals surface area contributed by atoms with Crippen LogP contribution in [0, 0.1) is 0 Å². The number of aromatic nitrogens is 5. The van der Waals surface area contributed by atoms with Crippen LogP contribution in [0.25, 0.3) is 22.2 Å². The lowest BCUT2D eigenvalue weighted by Gasteiger charge is -2.31. The van der Waals surface area contributed by atoms with Gasteiger partial charge in [0.15, 0.2) is 17.1 Å². The van der Waals surface area contributed by atoms with Crippen molar-refractivity contribution in [2.24, 2.45) is 0 Å². The van der Waals surface area contributed by atoms with Gasteiger partial charge in [0.25, 0.3) is 0 Å². The Labute approximate surface area is 202 Å². The molecule has 3 heterocycles. The summed E-state index contributed by atoms with van der Waals surface area (Å²) in [6.07, 6.45) is 1.20. The van der Waals surface area contributed by atoms with Crippen LogP contribution in [0.15, 0.2) is 60.8 Å². The van der Waals surface area contributed by atoms with Crippen LogP contribution in [0.5, 0.6) is 11.5 Å². The fraction of sp³-hybridized carbons (Fsp3) is 0.269. The molecule has 2 aromatic carbocycles. The van der Waals surface area contributed by atoms with Crippen molar-refractivity contribution in [2.75, 3.05) is 0 Å². The Morgan fingerprint density at radius 2 is 1.77 bits per heavy atom. The molecule has 0 aliphatic heterocycles. The summed E-state index contributed by atoms with van der Waals surface area (Å²) in [5, 5.41) is 30.5. The molecule has 3 aromatic heterocycles. The van der Waals surface area contributed by atoms with Gasteiger partial charge in [0.05, 0.1) is 24.1 Å². The summed E-state index contributed by atoms with van der Waals surface area (Å²) in [5.74, 6) is 1.18. The Morgan fingerprint density at radius 3 is 2.54 bits per heavy atom. The van der Waals surface area contributed by atoms with E-state index in [1.807, 2.05) is 59.7 Å². The van der Waals surface area contributed by atoms with Crippen molar-refractivity contribution >= 4 is 22.2 Å². The molecular formula is C26H28N6O3. The van der Waals surface area contributed by atoms with Crippen LogP contribution in [0.3, 0.4) is 0 Å².